The van der Waals surface area contributed by atoms with Gasteiger partial charge in [0.25, 0.3) is 0 Å². The second kappa shape index (κ2) is 9.21. The van der Waals surface area contributed by atoms with Crippen LogP contribution in [0.3, 0.4) is 0 Å². The summed E-state index contributed by atoms with van der Waals surface area (Å²) in [5, 5.41) is 0. The van der Waals surface area contributed by atoms with Gasteiger partial charge >= 0.3 is 24.0 Å². The van der Waals surface area contributed by atoms with Crippen LogP contribution < -0.4 is 0 Å². The van der Waals surface area contributed by atoms with E-state index in [2.05, 4.69) is 0 Å². The van der Waals surface area contributed by atoms with Crippen molar-refractivity contribution < 1.29 is 0 Å². The molecule has 0 aromatic heterocycles. The second-order valence-corrected chi connectivity index (χ2v) is 54.0. The van der Waals surface area contributed by atoms with Crippen molar-refractivity contribution in [2.75, 3.05) is 26.7 Å². The second-order valence-electron chi connectivity index (χ2n) is 5.48. The molecule has 146 valence electrons. The minimum Gasteiger partial charge on any atom is -0.121 e. The third kappa shape index (κ3) is 7.27. The Kier molecular flexibility index (Phi) is 11.1. The van der Waals surface area contributed by atoms with Gasteiger partial charge in [0.15, 0.2) is 0 Å². The average molecular weight is 684 g/mol. The smallest absolute Gasteiger partial charge is 0.121 e. The largest absolute Gasteiger partial charge is 0.369 e. The summed E-state index contributed by atoms with van der Waals surface area (Å²) in [5.41, 5.74) is 0. The SMILES string of the molecule is CP(C)(=C([Si](Cl)(Cl)Cl)[Si](Cl)(Cl)Cl)P(C)(C)=C([Si](Cl)(Cl)Cl)[Si](Cl)(Cl)Cl. The number of hydrogen-bond donors (Lipinski definition) is 0. The molecule has 0 spiro atoms. The van der Waals surface area contributed by atoms with E-state index in [4.69, 9.17) is 133 Å². The lowest BCUT2D eigenvalue weighted by atomic mass is 11.8. The monoisotopic (exact) mass is 678 g/mol. The molecule has 0 bridgehead atoms. The summed E-state index contributed by atoms with van der Waals surface area (Å²) in [5.74, 6) is 0. The van der Waals surface area contributed by atoms with Crippen LogP contribution in [-0.2, 0) is 0 Å². The Balaban J connectivity index is 7.54. The highest BCUT2D eigenvalue weighted by Crippen LogP contribution is 2.80. The van der Waals surface area contributed by atoms with Crippen LogP contribution in [-0.4, -0.2) is 59.8 Å². The predicted octanol–water partition coefficient (Wildman–Crippen LogP) is 8.58. The molecule has 0 saturated carbocycles. The van der Waals surface area contributed by atoms with Crippen molar-refractivity contribution in [3.63, 3.8) is 0 Å². The minimum atomic E-state index is -3.50. The minimum absolute atomic E-state index is 0.389. The van der Waals surface area contributed by atoms with Gasteiger partial charge in [-0.15, -0.1) is 133 Å². The zero-order valence-electron chi connectivity index (χ0n) is 12.4. The number of halogens is 12. The molecule has 0 aliphatic rings. The molecule has 0 N–H and O–H groups in total. The fourth-order valence-corrected chi connectivity index (χ4v) is 85.3. The molecule has 0 aliphatic carbocycles. The fraction of sp³-hybridized carbons (Fsp3) is 0.667. The predicted molar refractivity (Wildman–Crippen MR) is 141 cm³/mol. The lowest BCUT2D eigenvalue weighted by Crippen LogP contribution is -2.44. The Bertz CT molecular complexity index is 507. The van der Waals surface area contributed by atoms with E-state index in [0.29, 0.717) is 9.08 Å². The molecule has 0 atom stereocenters. The van der Waals surface area contributed by atoms with Crippen LogP contribution in [0.2, 0.25) is 0 Å². The zero-order valence-corrected chi connectivity index (χ0v) is 27.3. The molecule has 0 aromatic rings. The van der Waals surface area contributed by atoms with Crippen LogP contribution in [0.15, 0.2) is 0 Å². The van der Waals surface area contributed by atoms with Gasteiger partial charge in [-0.2, -0.15) is 0 Å². The van der Waals surface area contributed by atoms with Gasteiger partial charge < -0.3 is 0 Å². The molecular formula is C6H12Cl12P2Si4. The lowest BCUT2D eigenvalue weighted by Gasteiger charge is -2.41. The summed E-state index contributed by atoms with van der Waals surface area (Å²) >= 11 is 75.4. The van der Waals surface area contributed by atoms with E-state index in [0.717, 1.165) is 0 Å². The quantitative estimate of drug-likeness (QED) is 0.155. The topological polar surface area (TPSA) is 0 Å². The van der Waals surface area contributed by atoms with E-state index >= 15 is 0 Å². The highest BCUT2D eigenvalue weighted by molar-refractivity contribution is 8.50. The highest BCUT2D eigenvalue weighted by Gasteiger charge is 2.55. The Morgan fingerprint density at radius 2 is 0.542 bits per heavy atom. The third-order valence-electron chi connectivity index (χ3n) is 3.42. The normalized spacial score (nSPS) is 15.5. The van der Waals surface area contributed by atoms with Crippen molar-refractivity contribution >= 4 is 179 Å². The zero-order chi connectivity index (χ0) is 20.2. The first-order valence-electron chi connectivity index (χ1n) is 5.70. The van der Waals surface area contributed by atoms with Gasteiger partial charge in [-0.1, -0.05) is 13.1 Å². The van der Waals surface area contributed by atoms with Crippen LogP contribution in [0.5, 0.6) is 0 Å². The van der Waals surface area contributed by atoms with Crippen molar-refractivity contribution in [3.8, 4) is 0 Å². The number of rotatable bonds is 5. The standard InChI is InChI=1S/C6H12Cl12P2Si4/c1-19(2,5(21(7,8)9)22(10,11)12)20(3,4)6(23(13,14)15)24(16,17)18/h1-4H3. The van der Waals surface area contributed by atoms with Crippen molar-refractivity contribution in [1.29, 1.82) is 0 Å². The van der Waals surface area contributed by atoms with Gasteiger partial charge in [0.2, 0.25) is 0 Å². The molecule has 18 heteroatoms. The first-order valence-corrected chi connectivity index (χ1v) is 31.9. The Labute approximate surface area is 203 Å². The van der Waals surface area contributed by atoms with Crippen LogP contribution in [0, 0.1) is 0 Å². The van der Waals surface area contributed by atoms with E-state index < -0.39 is 37.2 Å². The van der Waals surface area contributed by atoms with Crippen molar-refractivity contribution in [1.82, 2.24) is 0 Å². The molecule has 0 unspecified atom stereocenters. The third-order valence-corrected chi connectivity index (χ3v) is 53.7. The summed E-state index contributed by atoms with van der Waals surface area (Å²) in [4.78, 5) is 0. The Morgan fingerprint density at radius 1 is 0.417 bits per heavy atom. The molecule has 0 radical (unpaired) electrons. The first kappa shape index (κ1) is 28.9. The van der Waals surface area contributed by atoms with E-state index in [-0.39, 0.29) is 0 Å². The molecule has 0 fully saturated rings. The highest BCUT2D eigenvalue weighted by atomic mass is 35.9. The summed E-state index contributed by atoms with van der Waals surface area (Å²) in [6.45, 7) is 2.87. The Morgan fingerprint density at radius 3 is 0.625 bits per heavy atom. The summed E-state index contributed by atoms with van der Waals surface area (Å²) in [6, 6.07) is -14.0. The van der Waals surface area contributed by atoms with Gasteiger partial charge in [-0.05, 0) is 35.7 Å². The van der Waals surface area contributed by atoms with Crippen molar-refractivity contribution in [2.24, 2.45) is 0 Å². The van der Waals surface area contributed by atoms with Crippen LogP contribution in [0.1, 0.15) is 0 Å². The molecule has 0 saturated heterocycles. The molecular weight excluding hydrogens is 672 g/mol. The van der Waals surface area contributed by atoms with Gasteiger partial charge in [0.05, 0.1) is 0 Å². The van der Waals surface area contributed by atoms with Crippen LogP contribution >= 0.6 is 146 Å². The average Bonchev–Trinajstić information content (AvgIpc) is 2.02. The number of hydrogen-bond acceptors (Lipinski definition) is 0. The van der Waals surface area contributed by atoms with Gasteiger partial charge in [-0.25, -0.2) is 0 Å². The maximum Gasteiger partial charge on any atom is 0.369 e. The molecule has 0 rings (SSSR count). The molecule has 0 amide bonds. The Hall–Kier alpha value is 4.95. The van der Waals surface area contributed by atoms with E-state index in [1.165, 1.54) is 0 Å². The van der Waals surface area contributed by atoms with Crippen molar-refractivity contribution in [2.45, 2.75) is 0 Å². The van der Waals surface area contributed by atoms with E-state index in [9.17, 15) is 0 Å². The van der Waals surface area contributed by atoms with Crippen LogP contribution in [0.4, 0.5) is 0 Å². The van der Waals surface area contributed by atoms with Gasteiger partial charge in [0, 0.05) is 0 Å². The maximum absolute atomic E-state index is 6.28. The van der Waals surface area contributed by atoms with Gasteiger partial charge in [-0.3, -0.25) is 0 Å². The maximum atomic E-state index is 6.28. The van der Waals surface area contributed by atoms with Gasteiger partial charge in [0.1, 0.15) is 0 Å². The van der Waals surface area contributed by atoms with E-state index in [1.807, 2.05) is 26.7 Å². The van der Waals surface area contributed by atoms with Crippen molar-refractivity contribution in [3.05, 3.63) is 0 Å². The van der Waals surface area contributed by atoms with E-state index in [1.54, 1.807) is 0 Å². The molecule has 24 heavy (non-hydrogen) atoms. The summed E-state index contributed by atoms with van der Waals surface area (Å²) < 4.78 is 0.777. The molecule has 0 heterocycles. The summed E-state index contributed by atoms with van der Waals surface area (Å²) in [6.07, 6.45) is 0. The van der Waals surface area contributed by atoms with Crippen LogP contribution in [0.25, 0.3) is 0 Å². The summed E-state index contributed by atoms with van der Waals surface area (Å²) in [7, 11) is 0. The first-order chi connectivity index (χ1) is 9.98. The molecule has 0 aliphatic heterocycles. The lowest BCUT2D eigenvalue weighted by molar-refractivity contribution is 2.18. The molecule has 0 nitrogen and oxygen atoms in total. The fourth-order valence-electron chi connectivity index (χ4n) is 2.06. The molecule has 0 aromatic carbocycles.